The SMILES string of the molecule is O=c1[nH]c(=O)n(-c2cc(Cl)c(Oc3cc(S(=O)(=O)NC4CC(O)C4)c(O)cn3)c(Cl)c2)nc1C(F)F. The number of aromatic nitrogens is 4. The Morgan fingerprint density at radius 2 is 1.83 bits per heavy atom. The highest BCUT2D eigenvalue weighted by Gasteiger charge is 2.32. The third-order valence-electron chi connectivity index (χ3n) is 5.04. The summed E-state index contributed by atoms with van der Waals surface area (Å²) in [6.45, 7) is 0. The first-order chi connectivity index (χ1) is 16.9. The van der Waals surface area contributed by atoms with E-state index in [9.17, 15) is 37.0 Å². The number of hydrogen-bond acceptors (Lipinski definition) is 9. The summed E-state index contributed by atoms with van der Waals surface area (Å²) in [6, 6.07) is 2.56. The average Bonchev–Trinajstić information content (AvgIpc) is 2.75. The fourth-order valence-corrected chi connectivity index (χ4v) is 5.15. The quantitative estimate of drug-likeness (QED) is 0.333. The van der Waals surface area contributed by atoms with Gasteiger partial charge >= 0.3 is 5.69 Å². The lowest BCUT2D eigenvalue weighted by Gasteiger charge is -2.31. The van der Waals surface area contributed by atoms with Gasteiger partial charge in [0.2, 0.25) is 15.9 Å². The molecule has 2 heterocycles. The summed E-state index contributed by atoms with van der Waals surface area (Å²) in [6.07, 6.45) is -2.61. The molecule has 1 aliphatic rings. The zero-order valence-corrected chi connectivity index (χ0v) is 20.0. The van der Waals surface area contributed by atoms with Crippen molar-refractivity contribution < 1.29 is 32.1 Å². The van der Waals surface area contributed by atoms with E-state index in [1.54, 1.807) is 4.98 Å². The summed E-state index contributed by atoms with van der Waals surface area (Å²) in [5.41, 5.74) is -3.87. The monoisotopic (exact) mass is 565 g/mol. The lowest BCUT2D eigenvalue weighted by molar-refractivity contribution is 0.0712. The lowest BCUT2D eigenvalue weighted by Crippen LogP contribution is -2.46. The molecule has 1 fully saturated rings. The van der Waals surface area contributed by atoms with E-state index in [0.717, 1.165) is 24.4 Å². The Bertz CT molecular complexity index is 1540. The van der Waals surface area contributed by atoms with Gasteiger partial charge in [-0.25, -0.2) is 31.7 Å². The number of sulfonamides is 1. The third kappa shape index (κ3) is 5.19. The van der Waals surface area contributed by atoms with Gasteiger partial charge in [0.1, 0.15) is 4.90 Å². The van der Waals surface area contributed by atoms with E-state index < -0.39 is 56.2 Å². The molecule has 4 rings (SSSR count). The van der Waals surface area contributed by atoms with Gasteiger partial charge < -0.3 is 14.9 Å². The van der Waals surface area contributed by atoms with Gasteiger partial charge in [-0.05, 0) is 25.0 Å². The van der Waals surface area contributed by atoms with Gasteiger partial charge in [-0.15, -0.1) is 0 Å². The number of nitrogens with zero attached hydrogens (tertiary/aromatic N) is 3. The molecular weight excluding hydrogens is 551 g/mol. The Morgan fingerprint density at radius 3 is 2.42 bits per heavy atom. The number of aliphatic hydroxyl groups is 1. The topological polar surface area (TPSA) is 176 Å². The van der Waals surface area contributed by atoms with Crippen LogP contribution in [-0.2, 0) is 10.0 Å². The second-order valence-electron chi connectivity index (χ2n) is 7.63. The Morgan fingerprint density at radius 1 is 1.19 bits per heavy atom. The summed E-state index contributed by atoms with van der Waals surface area (Å²) in [4.78, 5) is 28.5. The molecule has 0 radical (unpaired) electrons. The maximum Gasteiger partial charge on any atom is 0.349 e. The van der Waals surface area contributed by atoms with Crippen LogP contribution >= 0.6 is 23.2 Å². The van der Waals surface area contributed by atoms with Crippen LogP contribution in [0, 0.1) is 0 Å². The highest BCUT2D eigenvalue weighted by atomic mass is 35.5. The Balaban J connectivity index is 1.66. The van der Waals surface area contributed by atoms with E-state index in [1.807, 2.05) is 0 Å². The maximum absolute atomic E-state index is 13.0. The zero-order valence-electron chi connectivity index (χ0n) is 17.7. The first kappa shape index (κ1) is 26.0. The Kier molecular flexibility index (Phi) is 7.03. The van der Waals surface area contributed by atoms with E-state index in [0.29, 0.717) is 4.68 Å². The number of hydrogen-bond donors (Lipinski definition) is 4. The van der Waals surface area contributed by atoms with Crippen molar-refractivity contribution >= 4 is 33.2 Å². The molecule has 0 atom stereocenters. The van der Waals surface area contributed by atoms with Gasteiger partial charge in [0, 0.05) is 12.1 Å². The van der Waals surface area contributed by atoms with Crippen LogP contribution in [0.4, 0.5) is 8.78 Å². The standard InChI is InChI=1S/C19H15Cl2F2N5O7S/c20-10-3-8(28-19(32)25-18(31)15(26-28)17(22)23)4-11(21)16(10)35-14-5-13(12(30)6-24-14)36(33,34)27-7-1-9(29)2-7/h3-7,9,17,27,29-30H,1-2H2,(H,25,31,32). The second kappa shape index (κ2) is 9.74. The first-order valence-electron chi connectivity index (χ1n) is 9.94. The number of H-pyrrole nitrogens is 1. The smallest absolute Gasteiger partial charge is 0.349 e. The summed E-state index contributed by atoms with van der Waals surface area (Å²) in [5, 5.41) is 22.2. The van der Waals surface area contributed by atoms with Crippen LogP contribution < -0.4 is 20.7 Å². The predicted molar refractivity (Wildman–Crippen MR) is 121 cm³/mol. The van der Waals surface area contributed by atoms with Crippen LogP contribution in [0.2, 0.25) is 10.0 Å². The molecule has 4 N–H and O–H groups in total. The molecule has 0 spiro atoms. The minimum Gasteiger partial charge on any atom is -0.505 e. The molecule has 0 amide bonds. The van der Waals surface area contributed by atoms with E-state index in [4.69, 9.17) is 27.9 Å². The number of benzene rings is 1. The van der Waals surface area contributed by atoms with Crippen molar-refractivity contribution in [2.45, 2.75) is 36.3 Å². The molecule has 0 bridgehead atoms. The van der Waals surface area contributed by atoms with Crippen LogP contribution in [0.15, 0.2) is 38.9 Å². The van der Waals surface area contributed by atoms with Gasteiger partial charge in [-0.1, -0.05) is 23.2 Å². The summed E-state index contributed by atoms with van der Waals surface area (Å²) in [7, 11) is -4.21. The molecule has 0 unspecified atom stereocenters. The summed E-state index contributed by atoms with van der Waals surface area (Å²) in [5.74, 6) is -1.25. The van der Waals surface area contributed by atoms with Gasteiger partial charge in [-0.2, -0.15) is 9.78 Å². The highest BCUT2D eigenvalue weighted by Crippen LogP contribution is 2.38. The number of aromatic hydroxyl groups is 1. The molecular formula is C19H15Cl2F2N5O7S. The molecule has 1 saturated carbocycles. The lowest BCUT2D eigenvalue weighted by atomic mass is 9.91. The average molecular weight is 566 g/mol. The number of nitrogens with one attached hydrogen (secondary N) is 2. The van der Waals surface area contributed by atoms with Crippen molar-refractivity contribution in [2.24, 2.45) is 0 Å². The van der Waals surface area contributed by atoms with E-state index in [-0.39, 0.29) is 40.2 Å². The molecule has 0 saturated heterocycles. The maximum atomic E-state index is 13.0. The first-order valence-corrected chi connectivity index (χ1v) is 12.2. The minimum atomic E-state index is -4.21. The van der Waals surface area contributed by atoms with Crippen molar-refractivity contribution in [3.8, 4) is 23.1 Å². The van der Waals surface area contributed by atoms with Gasteiger partial charge in [-0.3, -0.25) is 9.78 Å². The van der Waals surface area contributed by atoms with Crippen LogP contribution in [0.5, 0.6) is 17.4 Å². The van der Waals surface area contributed by atoms with Crippen molar-refractivity contribution in [3.63, 3.8) is 0 Å². The number of halogens is 4. The van der Waals surface area contributed by atoms with E-state index in [1.165, 1.54) is 0 Å². The molecule has 3 aromatic rings. The fourth-order valence-electron chi connectivity index (χ4n) is 3.25. The van der Waals surface area contributed by atoms with Gasteiger partial charge in [0.25, 0.3) is 12.0 Å². The van der Waals surface area contributed by atoms with Crippen molar-refractivity contribution in [2.75, 3.05) is 0 Å². The second-order valence-corrected chi connectivity index (χ2v) is 10.1. The Labute approximate surface area is 210 Å². The normalized spacial score (nSPS) is 17.7. The third-order valence-corrected chi connectivity index (χ3v) is 7.15. The largest absolute Gasteiger partial charge is 0.505 e. The Hall–Kier alpha value is -3.11. The van der Waals surface area contributed by atoms with Crippen molar-refractivity contribution in [1.29, 1.82) is 0 Å². The summed E-state index contributed by atoms with van der Waals surface area (Å²) >= 11 is 12.4. The fraction of sp³-hybridized carbons (Fsp3) is 0.263. The number of aromatic amines is 1. The predicted octanol–water partition coefficient (Wildman–Crippen LogP) is 1.86. The van der Waals surface area contributed by atoms with E-state index >= 15 is 0 Å². The van der Waals surface area contributed by atoms with Gasteiger partial charge in [0.05, 0.1) is 28.0 Å². The van der Waals surface area contributed by atoms with Crippen LogP contribution in [-0.4, -0.2) is 50.5 Å². The molecule has 2 aromatic heterocycles. The number of ether oxygens (including phenoxy) is 1. The van der Waals surface area contributed by atoms with Gasteiger partial charge in [0.15, 0.2) is 17.2 Å². The van der Waals surface area contributed by atoms with Crippen molar-refractivity contribution in [3.05, 3.63) is 61.0 Å². The van der Waals surface area contributed by atoms with E-state index in [2.05, 4.69) is 14.8 Å². The molecule has 17 heteroatoms. The molecule has 0 aliphatic heterocycles. The molecule has 192 valence electrons. The van der Waals surface area contributed by atoms with Crippen LogP contribution in [0.3, 0.4) is 0 Å². The number of aliphatic hydroxyl groups excluding tert-OH is 1. The van der Waals surface area contributed by atoms with Crippen LogP contribution in [0.1, 0.15) is 25.0 Å². The number of rotatable bonds is 7. The number of pyridine rings is 1. The molecule has 36 heavy (non-hydrogen) atoms. The molecule has 12 nitrogen and oxygen atoms in total. The minimum absolute atomic E-state index is 0.186. The summed E-state index contributed by atoms with van der Waals surface area (Å²) < 4.78 is 59.6. The highest BCUT2D eigenvalue weighted by molar-refractivity contribution is 7.89. The number of alkyl halides is 2. The van der Waals surface area contributed by atoms with Crippen LogP contribution in [0.25, 0.3) is 5.69 Å². The zero-order chi connectivity index (χ0) is 26.4. The molecule has 1 aromatic carbocycles. The molecule has 1 aliphatic carbocycles. The van der Waals surface area contributed by atoms with Crippen molar-refractivity contribution in [1.82, 2.24) is 24.5 Å².